The van der Waals surface area contributed by atoms with E-state index >= 15 is 0 Å². The molecule has 4 heteroatoms. The van der Waals surface area contributed by atoms with Crippen molar-refractivity contribution in [3.05, 3.63) is 0 Å². The average Bonchev–Trinajstić information content (AvgIpc) is 2.34. The van der Waals surface area contributed by atoms with Crippen LogP contribution in [0.1, 0.15) is 20.8 Å². The second-order valence-electron chi connectivity index (χ2n) is 3.67. The fourth-order valence-corrected chi connectivity index (χ4v) is 0.938. The van der Waals surface area contributed by atoms with Crippen LogP contribution < -0.4 is 0 Å². The number of carbonyl (C=O) groups is 1. The highest BCUT2D eigenvalue weighted by atomic mass is 16.6. The van der Waals surface area contributed by atoms with Crippen LogP contribution in [0.5, 0.6) is 0 Å². The van der Waals surface area contributed by atoms with E-state index in [0.717, 1.165) is 0 Å². The van der Waals surface area contributed by atoms with Gasteiger partial charge in [-0.2, -0.15) is 0 Å². The van der Waals surface area contributed by atoms with E-state index in [9.17, 15) is 4.79 Å². The van der Waals surface area contributed by atoms with E-state index in [4.69, 9.17) is 9.57 Å². The Hall–Kier alpha value is -1.06. The van der Waals surface area contributed by atoms with Crippen LogP contribution in [0.25, 0.3) is 0 Å². The summed E-state index contributed by atoms with van der Waals surface area (Å²) < 4.78 is 4.79. The van der Waals surface area contributed by atoms with Crippen molar-refractivity contribution < 1.29 is 14.4 Å². The molecule has 1 atom stereocenters. The third-order valence-electron chi connectivity index (χ3n) is 1.71. The minimum Gasteiger partial charge on any atom is -0.460 e. The molecule has 1 unspecified atom stereocenters. The molecule has 0 bridgehead atoms. The summed E-state index contributed by atoms with van der Waals surface area (Å²) in [7, 11) is 0. The number of esters is 1. The first-order chi connectivity index (χ1) is 6.11. The number of nitrogens with zero attached hydrogens (tertiary/aromatic N) is 1. The van der Waals surface area contributed by atoms with Gasteiger partial charge in [-0.15, -0.1) is 0 Å². The summed E-state index contributed by atoms with van der Waals surface area (Å²) in [4.78, 5) is 16.0. The summed E-state index contributed by atoms with van der Waals surface area (Å²) in [5.41, 5.74) is 0.403. The van der Waals surface area contributed by atoms with Crippen LogP contribution in [0.15, 0.2) is 5.16 Å². The minimum absolute atomic E-state index is 0.0552. The summed E-state index contributed by atoms with van der Waals surface area (Å²) in [6.45, 7) is 6.89. The SMILES string of the molecule is CC(C)CO/N=C1\C(=O)OCC1C. The highest BCUT2D eigenvalue weighted by molar-refractivity contribution is 6.38. The molecule has 1 fully saturated rings. The molecule has 1 rings (SSSR count). The van der Waals surface area contributed by atoms with Gasteiger partial charge in [0.05, 0.1) is 0 Å². The lowest BCUT2D eigenvalue weighted by Crippen LogP contribution is -2.13. The number of oxime groups is 1. The highest BCUT2D eigenvalue weighted by Gasteiger charge is 2.29. The zero-order valence-corrected chi connectivity index (χ0v) is 8.24. The van der Waals surface area contributed by atoms with Gasteiger partial charge < -0.3 is 9.57 Å². The molecule has 4 nitrogen and oxygen atoms in total. The maximum atomic E-state index is 11.0. The molecule has 0 aliphatic carbocycles. The molecule has 1 heterocycles. The average molecular weight is 185 g/mol. The Morgan fingerprint density at radius 3 is 2.85 bits per heavy atom. The van der Waals surface area contributed by atoms with Crippen molar-refractivity contribution in [1.29, 1.82) is 0 Å². The first-order valence-corrected chi connectivity index (χ1v) is 4.48. The molecule has 0 N–H and O–H groups in total. The summed E-state index contributed by atoms with van der Waals surface area (Å²) >= 11 is 0. The van der Waals surface area contributed by atoms with Crippen LogP contribution >= 0.6 is 0 Å². The molecule has 0 saturated carbocycles. The first kappa shape index (κ1) is 10.0. The molecule has 74 valence electrons. The van der Waals surface area contributed by atoms with E-state index in [2.05, 4.69) is 5.16 Å². The zero-order chi connectivity index (χ0) is 9.84. The van der Waals surface area contributed by atoms with E-state index in [1.807, 2.05) is 20.8 Å². The van der Waals surface area contributed by atoms with E-state index in [1.54, 1.807) is 0 Å². The number of cyclic esters (lactones) is 1. The topological polar surface area (TPSA) is 47.9 Å². The third-order valence-corrected chi connectivity index (χ3v) is 1.71. The Bertz CT molecular complexity index is 223. The van der Waals surface area contributed by atoms with Gasteiger partial charge in [-0.05, 0) is 5.92 Å². The second kappa shape index (κ2) is 4.25. The molecule has 1 aliphatic heterocycles. The van der Waals surface area contributed by atoms with Gasteiger partial charge in [-0.3, -0.25) is 0 Å². The number of rotatable bonds is 3. The fraction of sp³-hybridized carbons (Fsp3) is 0.778. The standard InChI is InChI=1S/C9H15NO3/c1-6(2)4-13-10-8-7(3)5-12-9(8)11/h6-7H,4-5H2,1-3H3/b10-8-. The Morgan fingerprint density at radius 1 is 1.69 bits per heavy atom. The molecule has 1 saturated heterocycles. The molecule has 0 spiro atoms. The van der Waals surface area contributed by atoms with Crippen molar-refractivity contribution in [3.63, 3.8) is 0 Å². The van der Waals surface area contributed by atoms with E-state index < -0.39 is 0 Å². The second-order valence-corrected chi connectivity index (χ2v) is 3.67. The van der Waals surface area contributed by atoms with Crippen LogP contribution in [-0.4, -0.2) is 24.9 Å². The molecule has 0 aromatic carbocycles. The molecular weight excluding hydrogens is 170 g/mol. The Labute approximate surface area is 77.9 Å². The summed E-state index contributed by atoms with van der Waals surface area (Å²) in [5, 5.41) is 3.77. The number of hydrogen-bond donors (Lipinski definition) is 0. The largest absolute Gasteiger partial charge is 0.460 e. The quantitative estimate of drug-likeness (QED) is 0.490. The van der Waals surface area contributed by atoms with Gasteiger partial charge in [0, 0.05) is 5.92 Å². The molecule has 0 amide bonds. The summed E-state index contributed by atoms with van der Waals surface area (Å²) in [6.07, 6.45) is 0. The minimum atomic E-state index is -0.351. The third kappa shape index (κ3) is 2.72. The van der Waals surface area contributed by atoms with Crippen molar-refractivity contribution >= 4 is 11.7 Å². The number of ether oxygens (including phenoxy) is 1. The normalized spacial score (nSPS) is 25.4. The van der Waals surface area contributed by atoms with Gasteiger partial charge in [0.25, 0.3) is 0 Å². The maximum absolute atomic E-state index is 11.0. The fourth-order valence-electron chi connectivity index (χ4n) is 0.938. The lowest BCUT2D eigenvalue weighted by Gasteiger charge is -2.03. The summed E-state index contributed by atoms with van der Waals surface area (Å²) in [5.74, 6) is 0.119. The van der Waals surface area contributed by atoms with E-state index in [0.29, 0.717) is 24.8 Å². The zero-order valence-electron chi connectivity index (χ0n) is 8.24. The number of hydrogen-bond acceptors (Lipinski definition) is 4. The molecule has 0 aromatic rings. The van der Waals surface area contributed by atoms with Crippen LogP contribution in [0.3, 0.4) is 0 Å². The van der Waals surface area contributed by atoms with Crippen LogP contribution in [-0.2, 0) is 14.4 Å². The Morgan fingerprint density at radius 2 is 2.38 bits per heavy atom. The van der Waals surface area contributed by atoms with Crippen molar-refractivity contribution in [2.24, 2.45) is 17.0 Å². The van der Waals surface area contributed by atoms with Gasteiger partial charge in [-0.25, -0.2) is 4.79 Å². The predicted octanol–water partition coefficient (Wildman–Crippen LogP) is 1.21. The molecule has 1 aliphatic rings. The Balaban J connectivity index is 2.45. The predicted molar refractivity (Wildman–Crippen MR) is 48.3 cm³/mol. The first-order valence-electron chi connectivity index (χ1n) is 4.48. The van der Waals surface area contributed by atoms with Crippen molar-refractivity contribution in [2.75, 3.05) is 13.2 Å². The van der Waals surface area contributed by atoms with E-state index in [-0.39, 0.29) is 11.9 Å². The van der Waals surface area contributed by atoms with Gasteiger partial charge in [0.1, 0.15) is 13.2 Å². The van der Waals surface area contributed by atoms with Crippen LogP contribution in [0.4, 0.5) is 0 Å². The van der Waals surface area contributed by atoms with Gasteiger partial charge >= 0.3 is 5.97 Å². The van der Waals surface area contributed by atoms with Gasteiger partial charge in [0.2, 0.25) is 0 Å². The smallest absolute Gasteiger partial charge is 0.356 e. The maximum Gasteiger partial charge on any atom is 0.356 e. The van der Waals surface area contributed by atoms with Gasteiger partial charge in [0.15, 0.2) is 5.71 Å². The van der Waals surface area contributed by atoms with Crippen molar-refractivity contribution in [3.8, 4) is 0 Å². The lowest BCUT2D eigenvalue weighted by molar-refractivity contribution is -0.133. The van der Waals surface area contributed by atoms with Crippen LogP contribution in [0.2, 0.25) is 0 Å². The Kier molecular flexibility index (Phi) is 3.28. The monoisotopic (exact) mass is 185 g/mol. The van der Waals surface area contributed by atoms with Crippen molar-refractivity contribution in [2.45, 2.75) is 20.8 Å². The van der Waals surface area contributed by atoms with E-state index in [1.165, 1.54) is 0 Å². The molecule has 0 aromatic heterocycles. The lowest BCUT2D eigenvalue weighted by atomic mass is 10.1. The molecule has 13 heavy (non-hydrogen) atoms. The van der Waals surface area contributed by atoms with Crippen LogP contribution in [0, 0.1) is 11.8 Å². The molecule has 0 radical (unpaired) electrons. The highest BCUT2D eigenvalue weighted by Crippen LogP contribution is 2.11. The van der Waals surface area contributed by atoms with Gasteiger partial charge in [-0.1, -0.05) is 25.9 Å². The molecular formula is C9H15NO3. The van der Waals surface area contributed by atoms with Crippen molar-refractivity contribution in [1.82, 2.24) is 0 Å². The summed E-state index contributed by atoms with van der Waals surface area (Å²) in [6, 6.07) is 0. The number of carbonyl (C=O) groups excluding carboxylic acids is 1.